The van der Waals surface area contributed by atoms with Crippen molar-refractivity contribution in [2.75, 3.05) is 19.6 Å². The molecule has 0 unspecified atom stereocenters. The Hall–Kier alpha value is -1.06. The summed E-state index contributed by atoms with van der Waals surface area (Å²) in [5.41, 5.74) is 0.556. The molecule has 4 nitrogen and oxygen atoms in total. The van der Waals surface area contributed by atoms with Crippen LogP contribution >= 0.6 is 0 Å². The molecule has 2 amide bonds. The Bertz CT molecular complexity index is 364. The molecule has 0 aromatic rings. The van der Waals surface area contributed by atoms with E-state index in [-0.39, 0.29) is 17.7 Å². The molecule has 2 aliphatic heterocycles. The molecule has 2 saturated heterocycles. The van der Waals surface area contributed by atoms with Gasteiger partial charge in [-0.1, -0.05) is 12.8 Å². The minimum absolute atomic E-state index is 0.0360. The predicted octanol–water partition coefficient (Wildman–Crippen LogP) is 1.70. The average Bonchev–Trinajstić information content (AvgIpc) is 2.87. The predicted molar refractivity (Wildman–Crippen MR) is 72.4 cm³/mol. The molecule has 0 bridgehead atoms. The second-order valence-corrected chi connectivity index (χ2v) is 6.57. The molecule has 0 radical (unpaired) electrons. The van der Waals surface area contributed by atoms with Gasteiger partial charge in [0.25, 0.3) is 0 Å². The molecule has 4 heteroatoms. The van der Waals surface area contributed by atoms with Crippen molar-refractivity contribution in [3.05, 3.63) is 0 Å². The standard InChI is InChI=1S/C15H24N2O2/c18-13-11-12(3-8-16-13)14(19)17-9-6-15(7-10-17)4-1-2-5-15/h12H,1-11H2,(H,16,18)/t12-/m1/s1. The van der Waals surface area contributed by atoms with Crippen LogP contribution in [0.3, 0.4) is 0 Å². The van der Waals surface area contributed by atoms with E-state index in [0.29, 0.717) is 18.4 Å². The van der Waals surface area contributed by atoms with E-state index < -0.39 is 0 Å². The molecule has 1 spiro atoms. The number of amides is 2. The number of carbonyl (C=O) groups is 2. The molecule has 0 aromatic heterocycles. The minimum atomic E-state index is -0.0635. The van der Waals surface area contributed by atoms with Gasteiger partial charge in [0.15, 0.2) is 0 Å². The third kappa shape index (κ3) is 2.63. The molecule has 2 heterocycles. The van der Waals surface area contributed by atoms with E-state index >= 15 is 0 Å². The molecule has 1 aliphatic carbocycles. The highest BCUT2D eigenvalue weighted by atomic mass is 16.2. The molecule has 106 valence electrons. The molecule has 0 aromatic carbocycles. The van der Waals surface area contributed by atoms with E-state index in [1.165, 1.54) is 38.5 Å². The summed E-state index contributed by atoms with van der Waals surface area (Å²) in [7, 11) is 0. The normalized spacial score (nSPS) is 30.4. The fourth-order valence-electron chi connectivity index (χ4n) is 4.08. The zero-order valence-electron chi connectivity index (χ0n) is 11.6. The number of nitrogens with zero attached hydrogens (tertiary/aromatic N) is 1. The summed E-state index contributed by atoms with van der Waals surface area (Å²) < 4.78 is 0. The van der Waals surface area contributed by atoms with Crippen molar-refractivity contribution >= 4 is 11.8 Å². The van der Waals surface area contributed by atoms with Gasteiger partial charge in [0.2, 0.25) is 11.8 Å². The third-order valence-corrected chi connectivity index (χ3v) is 5.40. The van der Waals surface area contributed by atoms with Crippen molar-refractivity contribution in [2.45, 2.75) is 51.4 Å². The quantitative estimate of drug-likeness (QED) is 0.783. The maximum Gasteiger partial charge on any atom is 0.226 e. The van der Waals surface area contributed by atoms with Gasteiger partial charge in [0, 0.05) is 32.0 Å². The van der Waals surface area contributed by atoms with Crippen molar-refractivity contribution in [3.63, 3.8) is 0 Å². The maximum atomic E-state index is 12.4. The fraction of sp³-hybridized carbons (Fsp3) is 0.867. The van der Waals surface area contributed by atoms with Gasteiger partial charge in [-0.25, -0.2) is 0 Å². The molecular formula is C15H24N2O2. The summed E-state index contributed by atoms with van der Waals surface area (Å²) in [4.78, 5) is 25.9. The monoisotopic (exact) mass is 264 g/mol. The van der Waals surface area contributed by atoms with Crippen LogP contribution in [-0.4, -0.2) is 36.3 Å². The summed E-state index contributed by atoms with van der Waals surface area (Å²) in [5.74, 6) is 0.197. The number of piperidine rings is 2. The molecule has 1 N–H and O–H groups in total. The molecule has 1 atom stereocenters. The molecular weight excluding hydrogens is 240 g/mol. The topological polar surface area (TPSA) is 49.4 Å². The highest BCUT2D eigenvalue weighted by Crippen LogP contribution is 2.46. The van der Waals surface area contributed by atoms with Gasteiger partial charge in [0.1, 0.15) is 0 Å². The maximum absolute atomic E-state index is 12.4. The molecule has 3 fully saturated rings. The van der Waals surface area contributed by atoms with Crippen molar-refractivity contribution in [1.29, 1.82) is 0 Å². The Labute approximate surface area is 114 Å². The number of nitrogens with one attached hydrogen (secondary N) is 1. The van der Waals surface area contributed by atoms with E-state index in [4.69, 9.17) is 0 Å². The summed E-state index contributed by atoms with van der Waals surface area (Å²) >= 11 is 0. The van der Waals surface area contributed by atoms with Crippen LogP contribution in [0.15, 0.2) is 0 Å². The smallest absolute Gasteiger partial charge is 0.226 e. The second kappa shape index (κ2) is 5.14. The Morgan fingerprint density at radius 1 is 1.16 bits per heavy atom. The van der Waals surface area contributed by atoms with Gasteiger partial charge < -0.3 is 10.2 Å². The van der Waals surface area contributed by atoms with Crippen LogP contribution in [0.4, 0.5) is 0 Å². The van der Waals surface area contributed by atoms with Crippen LogP contribution in [-0.2, 0) is 9.59 Å². The SMILES string of the molecule is O=C1C[C@H](C(=O)N2CCC3(CCCC3)CC2)CCN1. The van der Waals surface area contributed by atoms with Gasteiger partial charge >= 0.3 is 0 Å². The van der Waals surface area contributed by atoms with Crippen LogP contribution in [0.2, 0.25) is 0 Å². The molecule has 3 aliphatic rings. The van der Waals surface area contributed by atoms with Crippen LogP contribution < -0.4 is 5.32 Å². The van der Waals surface area contributed by atoms with Crippen LogP contribution in [0, 0.1) is 11.3 Å². The Balaban J connectivity index is 1.55. The van der Waals surface area contributed by atoms with Crippen LogP contribution in [0.1, 0.15) is 51.4 Å². The van der Waals surface area contributed by atoms with Gasteiger partial charge in [-0.05, 0) is 37.5 Å². The molecule has 1 saturated carbocycles. The highest BCUT2D eigenvalue weighted by Gasteiger charge is 2.39. The first-order valence-corrected chi connectivity index (χ1v) is 7.74. The zero-order chi connectivity index (χ0) is 13.3. The summed E-state index contributed by atoms with van der Waals surface area (Å²) in [6.45, 7) is 2.49. The van der Waals surface area contributed by atoms with Gasteiger partial charge in [-0.15, -0.1) is 0 Å². The molecule has 19 heavy (non-hydrogen) atoms. The lowest BCUT2D eigenvalue weighted by Crippen LogP contribution is -2.47. The Kier molecular flexibility index (Phi) is 3.50. The van der Waals surface area contributed by atoms with E-state index in [1.54, 1.807) is 0 Å². The lowest BCUT2D eigenvalue weighted by atomic mass is 9.77. The van der Waals surface area contributed by atoms with E-state index in [0.717, 1.165) is 19.5 Å². The van der Waals surface area contributed by atoms with Crippen LogP contribution in [0.5, 0.6) is 0 Å². The fourth-order valence-corrected chi connectivity index (χ4v) is 4.08. The van der Waals surface area contributed by atoms with E-state index in [9.17, 15) is 9.59 Å². The van der Waals surface area contributed by atoms with Crippen molar-refractivity contribution in [3.8, 4) is 0 Å². The average molecular weight is 264 g/mol. The minimum Gasteiger partial charge on any atom is -0.356 e. The van der Waals surface area contributed by atoms with Gasteiger partial charge in [-0.2, -0.15) is 0 Å². The number of hydrogen-bond donors (Lipinski definition) is 1. The van der Waals surface area contributed by atoms with Crippen molar-refractivity contribution < 1.29 is 9.59 Å². The Morgan fingerprint density at radius 3 is 2.47 bits per heavy atom. The number of hydrogen-bond acceptors (Lipinski definition) is 2. The van der Waals surface area contributed by atoms with Gasteiger partial charge in [0.05, 0.1) is 0 Å². The van der Waals surface area contributed by atoms with Crippen molar-refractivity contribution in [1.82, 2.24) is 10.2 Å². The first-order chi connectivity index (χ1) is 9.19. The lowest BCUT2D eigenvalue weighted by Gasteiger charge is -2.40. The third-order valence-electron chi connectivity index (χ3n) is 5.40. The zero-order valence-corrected chi connectivity index (χ0v) is 11.6. The highest BCUT2D eigenvalue weighted by molar-refractivity contribution is 5.87. The lowest BCUT2D eigenvalue weighted by molar-refractivity contribution is -0.142. The van der Waals surface area contributed by atoms with E-state index in [1.807, 2.05) is 4.90 Å². The number of likely N-dealkylation sites (tertiary alicyclic amines) is 1. The van der Waals surface area contributed by atoms with E-state index in [2.05, 4.69) is 5.32 Å². The van der Waals surface area contributed by atoms with Crippen molar-refractivity contribution in [2.24, 2.45) is 11.3 Å². The largest absolute Gasteiger partial charge is 0.356 e. The summed E-state index contributed by atoms with van der Waals surface area (Å²) in [6.07, 6.45) is 9.03. The Morgan fingerprint density at radius 2 is 1.84 bits per heavy atom. The molecule has 3 rings (SSSR count). The summed E-state index contributed by atoms with van der Waals surface area (Å²) in [6, 6.07) is 0. The number of carbonyl (C=O) groups excluding carboxylic acids is 2. The second-order valence-electron chi connectivity index (χ2n) is 6.57. The first-order valence-electron chi connectivity index (χ1n) is 7.74. The van der Waals surface area contributed by atoms with Gasteiger partial charge in [-0.3, -0.25) is 9.59 Å². The van der Waals surface area contributed by atoms with Crippen LogP contribution in [0.25, 0.3) is 0 Å². The summed E-state index contributed by atoms with van der Waals surface area (Å²) in [5, 5.41) is 2.80. The number of rotatable bonds is 1. The first kappa shape index (κ1) is 12.9.